The molecule has 11 unspecified atom stereocenters. The van der Waals surface area contributed by atoms with Crippen molar-refractivity contribution in [3.8, 4) is 0 Å². The summed E-state index contributed by atoms with van der Waals surface area (Å²) in [6.45, 7) is -0.590. The van der Waals surface area contributed by atoms with Crippen LogP contribution in [0.4, 0.5) is 0 Å². The monoisotopic (exact) mass is 368 g/mol. The lowest BCUT2D eigenvalue weighted by atomic mass is 9.91. The van der Waals surface area contributed by atoms with E-state index in [2.05, 4.69) is 0 Å². The van der Waals surface area contributed by atoms with Crippen LogP contribution < -0.4 is 0 Å². The number of rotatable bonds is 3. The number of alkyl halides is 1. The number of aliphatic hydroxyl groups is 6. The minimum Gasteiger partial charge on any atom is -0.472 e. The molecule has 0 bridgehead atoms. The normalized spacial score (nSPS) is 54.4. The van der Waals surface area contributed by atoms with Gasteiger partial charge in [0.2, 0.25) is 6.29 Å². The van der Waals surface area contributed by atoms with Crippen molar-refractivity contribution in [3.63, 3.8) is 0 Å². The van der Waals surface area contributed by atoms with Gasteiger partial charge in [0, 0.05) is 5.92 Å². The second kappa shape index (κ2) is 7.02. The zero-order valence-electron chi connectivity index (χ0n) is 12.5. The zero-order valence-corrected chi connectivity index (χ0v) is 13.3. The number of ether oxygens (including phenoxy) is 3. The van der Waals surface area contributed by atoms with Crippen LogP contribution in [0.1, 0.15) is 0 Å². The van der Waals surface area contributed by atoms with Crippen LogP contribution in [0.5, 0.6) is 0 Å². The molecule has 9 nitrogen and oxygen atoms in total. The fourth-order valence-corrected chi connectivity index (χ4v) is 3.74. The number of aliphatic hydroxyl groups excluding tert-OH is 6. The van der Waals surface area contributed by atoms with Gasteiger partial charge in [-0.05, 0) is 6.08 Å². The van der Waals surface area contributed by atoms with E-state index in [-0.39, 0.29) is 0 Å². The Morgan fingerprint density at radius 1 is 0.917 bits per heavy atom. The van der Waals surface area contributed by atoms with E-state index in [1.807, 2.05) is 0 Å². The van der Waals surface area contributed by atoms with E-state index in [9.17, 15) is 30.6 Å². The highest BCUT2D eigenvalue weighted by molar-refractivity contribution is 6.21. The number of fused-ring (bicyclic) bond motifs is 1. The molecular formula is C14H21ClO9. The molecule has 138 valence electrons. The molecule has 0 aromatic carbocycles. The highest BCUT2D eigenvalue weighted by Crippen LogP contribution is 2.43. The van der Waals surface area contributed by atoms with Crippen LogP contribution in [0.2, 0.25) is 0 Å². The Kier molecular flexibility index (Phi) is 5.36. The van der Waals surface area contributed by atoms with Crippen LogP contribution in [0.15, 0.2) is 12.3 Å². The molecular weight excluding hydrogens is 348 g/mol. The first-order valence-corrected chi connectivity index (χ1v) is 8.08. The summed E-state index contributed by atoms with van der Waals surface area (Å²) >= 11 is 5.98. The van der Waals surface area contributed by atoms with Crippen molar-refractivity contribution in [1.82, 2.24) is 0 Å². The Bertz CT molecular complexity index is 475. The van der Waals surface area contributed by atoms with Crippen molar-refractivity contribution >= 4 is 11.6 Å². The maximum Gasteiger partial charge on any atom is 0.207 e. The van der Waals surface area contributed by atoms with Crippen molar-refractivity contribution < 1.29 is 44.8 Å². The summed E-state index contributed by atoms with van der Waals surface area (Å²) < 4.78 is 16.1. The molecule has 1 aliphatic carbocycles. The molecule has 1 saturated carbocycles. The largest absolute Gasteiger partial charge is 0.472 e. The molecule has 0 aromatic rings. The van der Waals surface area contributed by atoms with Gasteiger partial charge in [-0.2, -0.15) is 0 Å². The minimum absolute atomic E-state index is 0.508. The van der Waals surface area contributed by atoms with Gasteiger partial charge in [-0.15, -0.1) is 11.6 Å². The van der Waals surface area contributed by atoms with Gasteiger partial charge < -0.3 is 44.8 Å². The fourth-order valence-electron chi connectivity index (χ4n) is 3.41. The molecule has 3 rings (SSSR count). The van der Waals surface area contributed by atoms with Crippen molar-refractivity contribution in [2.45, 2.75) is 54.6 Å². The molecule has 24 heavy (non-hydrogen) atoms. The Morgan fingerprint density at radius 2 is 1.62 bits per heavy atom. The van der Waals surface area contributed by atoms with Crippen LogP contribution in [0, 0.1) is 11.8 Å². The molecule has 3 aliphatic rings. The van der Waals surface area contributed by atoms with Gasteiger partial charge >= 0.3 is 0 Å². The quantitative estimate of drug-likeness (QED) is 0.291. The molecule has 0 amide bonds. The summed E-state index contributed by atoms with van der Waals surface area (Å²) in [5.41, 5.74) is 0. The third kappa shape index (κ3) is 2.94. The summed E-state index contributed by atoms with van der Waals surface area (Å²) in [7, 11) is 0. The van der Waals surface area contributed by atoms with Crippen LogP contribution in [-0.2, 0) is 14.2 Å². The van der Waals surface area contributed by atoms with Gasteiger partial charge in [-0.25, -0.2) is 0 Å². The summed E-state index contributed by atoms with van der Waals surface area (Å²) in [4.78, 5) is 0. The summed E-state index contributed by atoms with van der Waals surface area (Å²) in [5, 5.41) is 58.1. The van der Waals surface area contributed by atoms with Gasteiger partial charge in [-0.3, -0.25) is 0 Å². The summed E-state index contributed by atoms with van der Waals surface area (Å²) in [6, 6.07) is 0. The third-order valence-corrected chi connectivity index (χ3v) is 5.35. The Hall–Kier alpha value is -0.490. The van der Waals surface area contributed by atoms with Gasteiger partial charge in [0.25, 0.3) is 0 Å². The lowest BCUT2D eigenvalue weighted by molar-refractivity contribution is -0.343. The van der Waals surface area contributed by atoms with Gasteiger partial charge in [0.15, 0.2) is 6.29 Å². The third-order valence-electron chi connectivity index (χ3n) is 4.83. The van der Waals surface area contributed by atoms with E-state index in [0.717, 1.165) is 0 Å². The van der Waals surface area contributed by atoms with Crippen molar-refractivity contribution in [2.75, 3.05) is 6.61 Å². The summed E-state index contributed by atoms with van der Waals surface area (Å²) in [6.07, 6.45) is -7.57. The molecule has 0 aromatic heterocycles. The molecule has 6 N–H and O–H groups in total. The average molecular weight is 369 g/mol. The Labute approximate surface area is 142 Å². The van der Waals surface area contributed by atoms with E-state index < -0.39 is 73.0 Å². The highest BCUT2D eigenvalue weighted by atomic mass is 35.5. The SMILES string of the molecule is OCC1OC(OC2OC=CC3C(O)C(Cl)C(O)C23)C(O)C(O)C1O. The highest BCUT2D eigenvalue weighted by Gasteiger charge is 2.55. The van der Waals surface area contributed by atoms with Crippen molar-refractivity contribution in [1.29, 1.82) is 0 Å². The second-order valence-corrected chi connectivity index (χ2v) is 6.75. The summed E-state index contributed by atoms with van der Waals surface area (Å²) in [5.74, 6) is -1.22. The number of halogens is 1. The molecule has 10 heteroatoms. The maximum absolute atomic E-state index is 10.2. The zero-order chi connectivity index (χ0) is 17.6. The molecule has 2 heterocycles. The molecule has 0 radical (unpaired) electrons. The van der Waals surface area contributed by atoms with Crippen LogP contribution in [-0.4, -0.2) is 91.8 Å². The van der Waals surface area contributed by atoms with Gasteiger partial charge in [-0.1, -0.05) is 0 Å². The Morgan fingerprint density at radius 3 is 2.29 bits per heavy atom. The topological polar surface area (TPSA) is 149 Å². The van der Waals surface area contributed by atoms with E-state index in [0.29, 0.717) is 0 Å². The first kappa shape index (κ1) is 18.3. The lowest BCUT2D eigenvalue weighted by Gasteiger charge is -2.42. The van der Waals surface area contributed by atoms with E-state index in [1.54, 1.807) is 6.08 Å². The van der Waals surface area contributed by atoms with Crippen LogP contribution in [0.25, 0.3) is 0 Å². The fraction of sp³-hybridized carbons (Fsp3) is 0.857. The predicted octanol–water partition coefficient (Wildman–Crippen LogP) is -2.75. The van der Waals surface area contributed by atoms with Crippen LogP contribution in [0.3, 0.4) is 0 Å². The average Bonchev–Trinajstić information content (AvgIpc) is 2.80. The Balaban J connectivity index is 1.74. The molecule has 0 spiro atoms. The van der Waals surface area contributed by atoms with E-state index in [4.69, 9.17) is 25.8 Å². The standard InChI is InChI=1S/C14H21ClO9/c15-7-8(17)4-1-2-22-13(6(4)10(7)19)24-14-12(21)11(20)9(18)5(3-16)23-14/h1-2,4-14,16-21H,3H2. The molecule has 1 saturated heterocycles. The van der Waals surface area contributed by atoms with Crippen LogP contribution >= 0.6 is 11.6 Å². The molecule has 2 fully saturated rings. The molecule has 11 atom stereocenters. The maximum atomic E-state index is 10.2. The molecule has 2 aliphatic heterocycles. The first-order valence-electron chi connectivity index (χ1n) is 7.65. The smallest absolute Gasteiger partial charge is 0.207 e. The van der Waals surface area contributed by atoms with Crippen molar-refractivity contribution in [2.24, 2.45) is 11.8 Å². The first-order chi connectivity index (χ1) is 11.4. The van der Waals surface area contributed by atoms with Gasteiger partial charge in [0.1, 0.15) is 24.4 Å². The predicted molar refractivity (Wildman–Crippen MR) is 77.5 cm³/mol. The number of hydrogen-bond donors (Lipinski definition) is 6. The van der Waals surface area contributed by atoms with E-state index in [1.165, 1.54) is 6.26 Å². The van der Waals surface area contributed by atoms with E-state index >= 15 is 0 Å². The van der Waals surface area contributed by atoms with Crippen molar-refractivity contribution in [3.05, 3.63) is 12.3 Å². The minimum atomic E-state index is -1.59. The lowest BCUT2D eigenvalue weighted by Crippen LogP contribution is -2.60. The number of hydrogen-bond acceptors (Lipinski definition) is 9. The second-order valence-electron chi connectivity index (χ2n) is 6.25. The van der Waals surface area contributed by atoms with Gasteiger partial charge in [0.05, 0.1) is 36.4 Å².